The number of hydrogen-bond donors (Lipinski definition) is 2. The first-order chi connectivity index (χ1) is 12.1. The number of carbonyl (C=O) groups excluding carboxylic acids is 1. The highest BCUT2D eigenvalue weighted by atomic mass is 35.5. The fourth-order valence-corrected chi connectivity index (χ4v) is 2.72. The topological polar surface area (TPSA) is 66.9 Å². The lowest BCUT2D eigenvalue weighted by Crippen LogP contribution is -2.24. The number of amides is 1. The summed E-state index contributed by atoms with van der Waals surface area (Å²) in [5.41, 5.74) is 1.95. The lowest BCUT2D eigenvalue weighted by atomic mass is 10.2. The minimum Gasteiger partial charge on any atom is -0.347 e. The van der Waals surface area contributed by atoms with Gasteiger partial charge < -0.3 is 10.6 Å². The highest BCUT2D eigenvalue weighted by molar-refractivity contribution is 6.35. The molecule has 0 aliphatic heterocycles. The molecule has 0 fully saturated rings. The summed E-state index contributed by atoms with van der Waals surface area (Å²) in [7, 11) is 0. The standard InChI is InChI=1S/C18H14Cl2N4O/c19-13-6-14(20)8-15(7-13)24-17-9-16(22-11-23-17)18(25)21-10-12-4-2-1-3-5-12/h1-9,11H,10H2,(H,21,25)(H,22,23,24). The first kappa shape index (κ1) is 17.2. The number of halogens is 2. The van der Waals surface area contributed by atoms with Crippen LogP contribution in [-0.4, -0.2) is 15.9 Å². The first-order valence-corrected chi connectivity index (χ1v) is 8.23. The van der Waals surface area contributed by atoms with Crippen LogP contribution in [0.1, 0.15) is 16.1 Å². The van der Waals surface area contributed by atoms with Crippen molar-refractivity contribution in [2.75, 3.05) is 5.32 Å². The summed E-state index contributed by atoms with van der Waals surface area (Å²) in [6.45, 7) is 0.427. The van der Waals surface area contributed by atoms with E-state index in [1.165, 1.54) is 6.33 Å². The Morgan fingerprint density at radius 3 is 2.40 bits per heavy atom. The molecule has 0 atom stereocenters. The quantitative estimate of drug-likeness (QED) is 0.693. The predicted octanol–water partition coefficient (Wildman–Crippen LogP) is 4.46. The van der Waals surface area contributed by atoms with Crippen LogP contribution in [0.4, 0.5) is 11.5 Å². The van der Waals surface area contributed by atoms with Crippen molar-refractivity contribution in [2.45, 2.75) is 6.54 Å². The van der Waals surface area contributed by atoms with Crippen LogP contribution in [0, 0.1) is 0 Å². The van der Waals surface area contributed by atoms with Gasteiger partial charge in [0.1, 0.15) is 17.8 Å². The van der Waals surface area contributed by atoms with E-state index in [-0.39, 0.29) is 11.6 Å². The van der Waals surface area contributed by atoms with Crippen LogP contribution in [0.3, 0.4) is 0 Å². The molecule has 3 rings (SSSR count). The average molecular weight is 373 g/mol. The zero-order valence-corrected chi connectivity index (χ0v) is 14.6. The summed E-state index contributed by atoms with van der Waals surface area (Å²) < 4.78 is 0. The van der Waals surface area contributed by atoms with Crippen molar-refractivity contribution in [1.29, 1.82) is 0 Å². The Labute approximate surface area is 155 Å². The molecule has 0 saturated carbocycles. The van der Waals surface area contributed by atoms with Crippen molar-refractivity contribution in [2.24, 2.45) is 0 Å². The molecular weight excluding hydrogens is 359 g/mol. The number of benzene rings is 2. The molecule has 0 aliphatic carbocycles. The molecule has 2 aromatic carbocycles. The molecule has 2 N–H and O–H groups in total. The Kier molecular flexibility index (Phi) is 5.48. The molecule has 5 nitrogen and oxygen atoms in total. The zero-order valence-electron chi connectivity index (χ0n) is 13.0. The lowest BCUT2D eigenvalue weighted by molar-refractivity contribution is 0.0946. The van der Waals surface area contributed by atoms with Gasteiger partial charge in [0.2, 0.25) is 0 Å². The van der Waals surface area contributed by atoms with Crippen molar-refractivity contribution in [3.8, 4) is 0 Å². The summed E-state index contributed by atoms with van der Waals surface area (Å²) in [5, 5.41) is 6.89. The molecule has 0 saturated heterocycles. The van der Waals surface area contributed by atoms with Gasteiger partial charge in [-0.05, 0) is 23.8 Å². The van der Waals surface area contributed by atoms with Crippen molar-refractivity contribution >= 4 is 40.6 Å². The minimum absolute atomic E-state index is 0.265. The van der Waals surface area contributed by atoms with Gasteiger partial charge in [-0.25, -0.2) is 9.97 Å². The Balaban J connectivity index is 1.69. The average Bonchev–Trinajstić information content (AvgIpc) is 2.60. The van der Waals surface area contributed by atoms with Crippen LogP contribution in [-0.2, 0) is 6.54 Å². The molecule has 3 aromatic rings. The maximum absolute atomic E-state index is 12.3. The molecule has 7 heteroatoms. The molecule has 1 heterocycles. The Hall–Kier alpha value is -2.63. The van der Waals surface area contributed by atoms with E-state index in [1.54, 1.807) is 24.3 Å². The van der Waals surface area contributed by atoms with Gasteiger partial charge in [0.15, 0.2) is 0 Å². The van der Waals surface area contributed by atoms with Gasteiger partial charge >= 0.3 is 0 Å². The molecule has 0 aliphatic rings. The van der Waals surface area contributed by atoms with E-state index in [0.29, 0.717) is 28.1 Å². The van der Waals surface area contributed by atoms with Gasteiger partial charge in [-0.2, -0.15) is 0 Å². The van der Waals surface area contributed by atoms with Crippen molar-refractivity contribution in [3.63, 3.8) is 0 Å². The first-order valence-electron chi connectivity index (χ1n) is 7.47. The van der Waals surface area contributed by atoms with E-state index in [1.807, 2.05) is 30.3 Å². The molecule has 0 bridgehead atoms. The summed E-state index contributed by atoms with van der Waals surface area (Å²) in [6.07, 6.45) is 1.33. The van der Waals surface area contributed by atoms with Gasteiger partial charge in [0.25, 0.3) is 5.91 Å². The van der Waals surface area contributed by atoms with Crippen LogP contribution in [0.5, 0.6) is 0 Å². The molecule has 0 radical (unpaired) electrons. The molecule has 1 amide bonds. The van der Waals surface area contributed by atoms with Crippen LogP contribution in [0.2, 0.25) is 10.0 Å². The third kappa shape index (κ3) is 4.92. The summed E-state index contributed by atoms with van der Waals surface area (Å²) in [6, 6.07) is 16.3. The fraction of sp³-hybridized carbons (Fsp3) is 0.0556. The third-order valence-corrected chi connectivity index (χ3v) is 3.77. The molecule has 0 unspecified atom stereocenters. The van der Waals surface area contributed by atoms with Gasteiger partial charge in [-0.1, -0.05) is 53.5 Å². The lowest BCUT2D eigenvalue weighted by Gasteiger charge is -2.08. The smallest absolute Gasteiger partial charge is 0.270 e. The van der Waals surface area contributed by atoms with Crippen molar-refractivity contribution in [3.05, 3.63) is 82.2 Å². The largest absolute Gasteiger partial charge is 0.347 e. The second-order valence-electron chi connectivity index (χ2n) is 5.24. The highest BCUT2D eigenvalue weighted by Crippen LogP contribution is 2.24. The second kappa shape index (κ2) is 7.96. The summed E-state index contributed by atoms with van der Waals surface area (Å²) >= 11 is 12.0. The summed E-state index contributed by atoms with van der Waals surface area (Å²) in [5.74, 6) is 0.191. The van der Waals surface area contributed by atoms with Crippen molar-refractivity contribution in [1.82, 2.24) is 15.3 Å². The fourth-order valence-electron chi connectivity index (χ4n) is 2.19. The van der Waals surface area contributed by atoms with E-state index in [2.05, 4.69) is 20.6 Å². The van der Waals surface area contributed by atoms with E-state index in [4.69, 9.17) is 23.2 Å². The van der Waals surface area contributed by atoms with Gasteiger partial charge in [-0.15, -0.1) is 0 Å². The maximum atomic E-state index is 12.3. The Bertz CT molecular complexity index is 867. The number of aromatic nitrogens is 2. The molecule has 1 aromatic heterocycles. The zero-order chi connectivity index (χ0) is 17.6. The van der Waals surface area contributed by atoms with E-state index < -0.39 is 0 Å². The summed E-state index contributed by atoms with van der Waals surface area (Å²) in [4.78, 5) is 20.4. The molecular formula is C18H14Cl2N4O. The number of rotatable bonds is 5. The van der Waals surface area contributed by atoms with E-state index in [0.717, 1.165) is 5.56 Å². The van der Waals surface area contributed by atoms with Crippen molar-refractivity contribution < 1.29 is 4.79 Å². The van der Waals surface area contributed by atoms with Crippen LogP contribution in [0.25, 0.3) is 0 Å². The monoisotopic (exact) mass is 372 g/mol. The molecule has 0 spiro atoms. The Morgan fingerprint density at radius 2 is 1.68 bits per heavy atom. The number of hydrogen-bond acceptors (Lipinski definition) is 4. The maximum Gasteiger partial charge on any atom is 0.270 e. The van der Waals surface area contributed by atoms with Crippen LogP contribution < -0.4 is 10.6 Å². The minimum atomic E-state index is -0.279. The second-order valence-corrected chi connectivity index (χ2v) is 6.11. The van der Waals surface area contributed by atoms with Crippen LogP contribution >= 0.6 is 23.2 Å². The predicted molar refractivity (Wildman–Crippen MR) is 99.4 cm³/mol. The third-order valence-electron chi connectivity index (χ3n) is 3.33. The van der Waals surface area contributed by atoms with Gasteiger partial charge in [-0.3, -0.25) is 4.79 Å². The van der Waals surface area contributed by atoms with E-state index >= 15 is 0 Å². The number of anilines is 2. The Morgan fingerprint density at radius 1 is 0.960 bits per heavy atom. The SMILES string of the molecule is O=C(NCc1ccccc1)c1cc(Nc2cc(Cl)cc(Cl)c2)ncn1. The normalized spacial score (nSPS) is 10.3. The molecule has 25 heavy (non-hydrogen) atoms. The van der Waals surface area contributed by atoms with Gasteiger partial charge in [0.05, 0.1) is 0 Å². The highest BCUT2D eigenvalue weighted by Gasteiger charge is 2.09. The number of carbonyl (C=O) groups is 1. The molecule has 126 valence electrons. The number of nitrogens with one attached hydrogen (secondary N) is 2. The number of nitrogens with zero attached hydrogens (tertiary/aromatic N) is 2. The van der Waals surface area contributed by atoms with E-state index in [9.17, 15) is 4.79 Å². The van der Waals surface area contributed by atoms with Gasteiger partial charge in [0, 0.05) is 28.3 Å². The van der Waals surface area contributed by atoms with Crippen LogP contribution in [0.15, 0.2) is 60.9 Å².